The first-order valence-electron chi connectivity index (χ1n) is 12.0. The van der Waals surface area contributed by atoms with E-state index in [-0.39, 0.29) is 29.5 Å². The molecule has 1 aromatic heterocycles. The number of benzene rings is 2. The van der Waals surface area contributed by atoms with Crippen molar-refractivity contribution < 1.29 is 19.0 Å². The highest BCUT2D eigenvalue weighted by molar-refractivity contribution is 5.82. The van der Waals surface area contributed by atoms with Gasteiger partial charge < -0.3 is 19.7 Å². The Morgan fingerprint density at radius 3 is 2.44 bits per heavy atom. The third-order valence-electron chi connectivity index (χ3n) is 6.26. The van der Waals surface area contributed by atoms with Gasteiger partial charge in [0.1, 0.15) is 11.6 Å². The molecule has 184 valence electrons. The molecule has 1 heterocycles. The first kappa shape index (κ1) is 25.5. The second kappa shape index (κ2) is 10.5. The van der Waals surface area contributed by atoms with Gasteiger partial charge in [-0.2, -0.15) is 0 Å². The van der Waals surface area contributed by atoms with E-state index in [4.69, 9.17) is 14.8 Å². The SMILES string of the molecule is CCC(CC(C)(C)CC)n1c(Nc2ccc(OC(C)C)cc2)nc2cc(CC(=O)O)c(F)cc21. The van der Waals surface area contributed by atoms with Gasteiger partial charge in [0.05, 0.1) is 23.6 Å². The van der Waals surface area contributed by atoms with E-state index in [9.17, 15) is 9.18 Å². The number of hydrogen-bond acceptors (Lipinski definition) is 4. The first-order valence-corrected chi connectivity index (χ1v) is 12.0. The summed E-state index contributed by atoms with van der Waals surface area (Å²) in [5.74, 6) is -0.206. The molecule has 7 heteroatoms. The summed E-state index contributed by atoms with van der Waals surface area (Å²) >= 11 is 0. The summed E-state index contributed by atoms with van der Waals surface area (Å²) in [4.78, 5) is 16.0. The Morgan fingerprint density at radius 1 is 1.21 bits per heavy atom. The second-order valence-corrected chi connectivity index (χ2v) is 9.91. The Labute approximate surface area is 201 Å². The largest absolute Gasteiger partial charge is 0.491 e. The van der Waals surface area contributed by atoms with Crippen LogP contribution in [0.15, 0.2) is 36.4 Å². The maximum absolute atomic E-state index is 14.9. The van der Waals surface area contributed by atoms with E-state index in [2.05, 4.69) is 37.6 Å². The summed E-state index contributed by atoms with van der Waals surface area (Å²) in [6, 6.07) is 10.7. The van der Waals surface area contributed by atoms with Crippen LogP contribution in [0.1, 0.15) is 72.4 Å². The molecule has 0 fully saturated rings. The minimum Gasteiger partial charge on any atom is -0.491 e. The van der Waals surface area contributed by atoms with Gasteiger partial charge in [0.25, 0.3) is 0 Å². The van der Waals surface area contributed by atoms with Gasteiger partial charge in [-0.25, -0.2) is 9.37 Å². The summed E-state index contributed by atoms with van der Waals surface area (Å²) in [5.41, 5.74) is 2.31. The molecule has 0 amide bonds. The third kappa shape index (κ3) is 6.07. The molecule has 1 unspecified atom stereocenters. The maximum atomic E-state index is 14.9. The molecule has 0 spiro atoms. The van der Waals surface area contributed by atoms with E-state index >= 15 is 0 Å². The molecule has 2 aromatic carbocycles. The van der Waals surface area contributed by atoms with E-state index in [0.29, 0.717) is 17.0 Å². The molecule has 0 bridgehead atoms. The van der Waals surface area contributed by atoms with Crippen molar-refractivity contribution in [3.63, 3.8) is 0 Å². The van der Waals surface area contributed by atoms with E-state index in [0.717, 1.165) is 30.7 Å². The molecule has 3 rings (SSSR count). The number of halogens is 1. The Hall–Kier alpha value is -3.09. The van der Waals surface area contributed by atoms with E-state index in [1.165, 1.54) is 6.07 Å². The zero-order valence-electron chi connectivity index (χ0n) is 21.0. The van der Waals surface area contributed by atoms with Crippen LogP contribution >= 0.6 is 0 Å². The Morgan fingerprint density at radius 2 is 1.88 bits per heavy atom. The number of anilines is 2. The summed E-state index contributed by atoms with van der Waals surface area (Å²) in [7, 11) is 0. The number of nitrogens with one attached hydrogen (secondary N) is 1. The number of imidazole rings is 1. The number of nitrogens with zero attached hydrogens (tertiary/aromatic N) is 2. The van der Waals surface area contributed by atoms with E-state index in [1.54, 1.807) is 6.07 Å². The van der Waals surface area contributed by atoms with Crippen LogP contribution < -0.4 is 10.1 Å². The monoisotopic (exact) mass is 469 g/mol. The maximum Gasteiger partial charge on any atom is 0.307 e. The highest BCUT2D eigenvalue weighted by Gasteiger charge is 2.26. The van der Waals surface area contributed by atoms with Crippen LogP contribution in [0.5, 0.6) is 5.75 Å². The van der Waals surface area contributed by atoms with Crippen molar-refractivity contribution in [3.8, 4) is 5.75 Å². The fraction of sp³-hybridized carbons (Fsp3) is 0.481. The van der Waals surface area contributed by atoms with Gasteiger partial charge in [0.15, 0.2) is 0 Å². The lowest BCUT2D eigenvalue weighted by Crippen LogP contribution is -2.20. The number of rotatable bonds is 11. The quantitative estimate of drug-likeness (QED) is 0.313. The molecule has 0 saturated heterocycles. The minimum atomic E-state index is -1.07. The standard InChI is InChI=1S/C27H36FN3O3/c1-7-20(16-27(5,6)8-2)31-24-15-22(28)18(14-25(32)33)13-23(24)30-26(31)29-19-9-11-21(12-10-19)34-17(3)4/h9-13,15,17,20H,7-8,14,16H2,1-6H3,(H,29,30)(H,32,33). The number of aliphatic carboxylic acids is 1. The van der Waals surface area contributed by atoms with Gasteiger partial charge in [0.2, 0.25) is 5.95 Å². The summed E-state index contributed by atoms with van der Waals surface area (Å²) in [6.07, 6.45) is 2.48. The molecule has 0 radical (unpaired) electrons. The van der Waals surface area contributed by atoms with Crippen molar-refractivity contribution >= 4 is 28.6 Å². The Bertz CT molecular complexity index is 1140. The molecular formula is C27H36FN3O3. The minimum absolute atomic E-state index is 0.0881. The molecule has 0 aliphatic carbocycles. The van der Waals surface area contributed by atoms with Gasteiger partial charge in [-0.3, -0.25) is 4.79 Å². The van der Waals surface area contributed by atoms with Crippen LogP contribution in [-0.2, 0) is 11.2 Å². The molecule has 6 nitrogen and oxygen atoms in total. The van der Waals surface area contributed by atoms with Gasteiger partial charge >= 0.3 is 5.97 Å². The van der Waals surface area contributed by atoms with Crippen LogP contribution in [-0.4, -0.2) is 26.7 Å². The summed E-state index contributed by atoms with van der Waals surface area (Å²) < 4.78 is 22.7. The fourth-order valence-electron chi connectivity index (χ4n) is 4.13. The first-order chi connectivity index (χ1) is 16.0. The van der Waals surface area contributed by atoms with Gasteiger partial charge in [0, 0.05) is 23.4 Å². The van der Waals surface area contributed by atoms with Crippen molar-refractivity contribution in [2.45, 2.75) is 79.4 Å². The van der Waals surface area contributed by atoms with E-state index < -0.39 is 11.8 Å². The van der Waals surface area contributed by atoms with Crippen molar-refractivity contribution in [2.24, 2.45) is 5.41 Å². The second-order valence-electron chi connectivity index (χ2n) is 9.91. The van der Waals surface area contributed by atoms with Crippen LogP contribution in [0.2, 0.25) is 0 Å². The molecule has 0 saturated carbocycles. The number of hydrogen-bond donors (Lipinski definition) is 2. The average Bonchev–Trinajstić information content (AvgIpc) is 3.09. The topological polar surface area (TPSA) is 76.4 Å². The molecular weight excluding hydrogens is 433 g/mol. The fourth-order valence-corrected chi connectivity index (χ4v) is 4.13. The average molecular weight is 470 g/mol. The lowest BCUT2D eigenvalue weighted by Gasteiger charge is -2.30. The molecule has 3 aromatic rings. The molecule has 0 aliphatic rings. The lowest BCUT2D eigenvalue weighted by atomic mass is 9.82. The normalized spacial score (nSPS) is 12.8. The molecule has 0 aliphatic heterocycles. The predicted molar refractivity (Wildman–Crippen MR) is 135 cm³/mol. The predicted octanol–water partition coefficient (Wildman–Crippen LogP) is 7.11. The number of ether oxygens (including phenoxy) is 1. The van der Waals surface area contributed by atoms with Crippen LogP contribution in [0.4, 0.5) is 16.0 Å². The van der Waals surface area contributed by atoms with Crippen LogP contribution in [0, 0.1) is 11.2 Å². The summed E-state index contributed by atoms with van der Waals surface area (Å²) in [6.45, 7) is 12.7. The highest BCUT2D eigenvalue weighted by Crippen LogP contribution is 2.38. The van der Waals surface area contributed by atoms with Crippen LogP contribution in [0.3, 0.4) is 0 Å². The molecule has 34 heavy (non-hydrogen) atoms. The highest BCUT2D eigenvalue weighted by atomic mass is 19.1. The zero-order valence-corrected chi connectivity index (χ0v) is 21.0. The number of carboxylic acid groups (broad SMARTS) is 1. The van der Waals surface area contributed by atoms with Gasteiger partial charge in [-0.15, -0.1) is 0 Å². The smallest absolute Gasteiger partial charge is 0.307 e. The van der Waals surface area contributed by atoms with Crippen LogP contribution in [0.25, 0.3) is 11.0 Å². The molecule has 1 atom stereocenters. The third-order valence-corrected chi connectivity index (χ3v) is 6.26. The van der Waals surface area contributed by atoms with Crippen molar-refractivity contribution in [3.05, 3.63) is 47.8 Å². The Balaban J connectivity index is 2.08. The lowest BCUT2D eigenvalue weighted by molar-refractivity contribution is -0.136. The number of aromatic nitrogens is 2. The van der Waals surface area contributed by atoms with Crippen molar-refractivity contribution in [1.82, 2.24) is 9.55 Å². The van der Waals surface area contributed by atoms with Crippen molar-refractivity contribution in [2.75, 3.05) is 5.32 Å². The van der Waals surface area contributed by atoms with Crippen molar-refractivity contribution in [1.29, 1.82) is 0 Å². The number of fused-ring (bicyclic) bond motifs is 1. The van der Waals surface area contributed by atoms with Gasteiger partial charge in [-0.1, -0.05) is 34.1 Å². The zero-order chi connectivity index (χ0) is 25.0. The number of carboxylic acids is 1. The summed E-state index contributed by atoms with van der Waals surface area (Å²) in [5, 5.41) is 12.6. The Kier molecular flexibility index (Phi) is 7.85. The number of carbonyl (C=O) groups is 1. The van der Waals surface area contributed by atoms with E-state index in [1.807, 2.05) is 38.1 Å². The molecule has 2 N–H and O–H groups in total. The van der Waals surface area contributed by atoms with Gasteiger partial charge in [-0.05, 0) is 62.4 Å².